The Labute approximate surface area is 100 Å². The van der Waals surface area contributed by atoms with Crippen LogP contribution in [0.5, 0.6) is 0 Å². The summed E-state index contributed by atoms with van der Waals surface area (Å²) < 4.78 is 4.52. The van der Waals surface area contributed by atoms with Crippen LogP contribution in [0.15, 0.2) is 24.3 Å². The second kappa shape index (κ2) is 4.42. The summed E-state index contributed by atoms with van der Waals surface area (Å²) >= 11 is 1.65. The van der Waals surface area contributed by atoms with Gasteiger partial charge in [0.25, 0.3) is 0 Å². The molecular formula is C13H16N2S. The summed E-state index contributed by atoms with van der Waals surface area (Å²) in [5.41, 5.74) is 1.15. The molecule has 1 aliphatic rings. The molecule has 0 N–H and O–H groups in total. The van der Waals surface area contributed by atoms with Gasteiger partial charge in [-0.25, -0.2) is 0 Å². The first kappa shape index (κ1) is 10.1. The molecule has 2 nitrogen and oxygen atoms in total. The van der Waals surface area contributed by atoms with E-state index in [1.54, 1.807) is 11.5 Å². The highest BCUT2D eigenvalue weighted by Crippen LogP contribution is 2.32. The minimum absolute atomic E-state index is 1.15. The van der Waals surface area contributed by atoms with Crippen molar-refractivity contribution >= 4 is 27.4 Å². The summed E-state index contributed by atoms with van der Waals surface area (Å²) in [4.78, 5) is 2.52. The van der Waals surface area contributed by atoms with Crippen LogP contribution in [0.25, 0.3) is 10.9 Å². The van der Waals surface area contributed by atoms with Crippen molar-refractivity contribution in [3.63, 3.8) is 0 Å². The van der Waals surface area contributed by atoms with Gasteiger partial charge in [0, 0.05) is 18.5 Å². The van der Waals surface area contributed by atoms with E-state index in [1.807, 2.05) is 0 Å². The van der Waals surface area contributed by atoms with Gasteiger partial charge in [0.15, 0.2) is 0 Å². The highest BCUT2D eigenvalue weighted by atomic mass is 32.1. The molecule has 2 heterocycles. The maximum absolute atomic E-state index is 4.52. The predicted octanol–water partition coefficient (Wildman–Crippen LogP) is 3.68. The average Bonchev–Trinajstić information content (AvgIpc) is 2.57. The standard InChI is InChI=1S/C13H16N2S/c1-2-6-10-15(9-5-1)13-11-7-3-4-8-12(11)14-16-13/h3-4,7-8H,1-2,5-6,9-10H2. The number of nitrogens with zero attached hydrogens (tertiary/aromatic N) is 2. The van der Waals surface area contributed by atoms with E-state index in [0.29, 0.717) is 0 Å². The number of hydrogen-bond donors (Lipinski definition) is 0. The molecule has 1 fully saturated rings. The topological polar surface area (TPSA) is 16.1 Å². The van der Waals surface area contributed by atoms with Gasteiger partial charge < -0.3 is 4.90 Å². The molecule has 1 aliphatic heterocycles. The van der Waals surface area contributed by atoms with Gasteiger partial charge in [-0.15, -0.1) is 0 Å². The van der Waals surface area contributed by atoms with Crippen LogP contribution >= 0.6 is 11.5 Å². The Balaban J connectivity index is 1.97. The third-order valence-electron chi connectivity index (χ3n) is 3.26. The number of aromatic nitrogens is 1. The molecule has 0 aliphatic carbocycles. The second-order valence-corrected chi connectivity index (χ2v) is 5.16. The van der Waals surface area contributed by atoms with E-state index in [2.05, 4.69) is 33.5 Å². The molecule has 1 aromatic carbocycles. The van der Waals surface area contributed by atoms with Gasteiger partial charge in [0.05, 0.1) is 5.52 Å². The predicted molar refractivity (Wildman–Crippen MR) is 70.3 cm³/mol. The summed E-state index contributed by atoms with van der Waals surface area (Å²) in [5.74, 6) is 0. The molecule has 0 saturated carbocycles. The lowest BCUT2D eigenvalue weighted by Gasteiger charge is -2.20. The zero-order chi connectivity index (χ0) is 10.8. The molecule has 1 aromatic heterocycles. The fourth-order valence-corrected chi connectivity index (χ4v) is 3.29. The third kappa shape index (κ3) is 1.80. The molecule has 0 radical (unpaired) electrons. The van der Waals surface area contributed by atoms with Crippen molar-refractivity contribution in [2.75, 3.05) is 18.0 Å². The zero-order valence-corrected chi connectivity index (χ0v) is 10.2. The zero-order valence-electron chi connectivity index (χ0n) is 9.35. The Morgan fingerprint density at radius 2 is 1.75 bits per heavy atom. The minimum Gasteiger partial charge on any atom is -0.362 e. The Kier molecular flexibility index (Phi) is 2.79. The number of rotatable bonds is 1. The molecule has 3 heteroatoms. The van der Waals surface area contributed by atoms with E-state index in [9.17, 15) is 0 Å². The monoisotopic (exact) mass is 232 g/mol. The van der Waals surface area contributed by atoms with Crippen LogP contribution < -0.4 is 4.90 Å². The molecule has 84 valence electrons. The normalized spacial score (nSPS) is 17.6. The van der Waals surface area contributed by atoms with Crippen LogP contribution in [0.2, 0.25) is 0 Å². The molecule has 0 spiro atoms. The molecule has 0 bridgehead atoms. The summed E-state index contributed by atoms with van der Waals surface area (Å²) in [6.45, 7) is 2.40. The molecule has 3 rings (SSSR count). The highest BCUT2D eigenvalue weighted by molar-refractivity contribution is 7.11. The van der Waals surface area contributed by atoms with Gasteiger partial charge in [-0.1, -0.05) is 25.0 Å². The first-order valence-corrected chi connectivity index (χ1v) is 6.82. The van der Waals surface area contributed by atoms with Gasteiger partial charge in [-0.05, 0) is 36.5 Å². The third-order valence-corrected chi connectivity index (χ3v) is 4.20. The summed E-state index contributed by atoms with van der Waals surface area (Å²) in [5, 5.41) is 2.70. The Bertz CT molecular complexity index is 469. The number of anilines is 1. The van der Waals surface area contributed by atoms with E-state index >= 15 is 0 Å². The number of hydrogen-bond acceptors (Lipinski definition) is 3. The van der Waals surface area contributed by atoms with Gasteiger partial charge in [-0.3, -0.25) is 0 Å². The summed E-state index contributed by atoms with van der Waals surface area (Å²) in [6.07, 6.45) is 5.42. The lowest BCUT2D eigenvalue weighted by Crippen LogP contribution is -2.22. The fourth-order valence-electron chi connectivity index (χ4n) is 2.38. The minimum atomic E-state index is 1.15. The van der Waals surface area contributed by atoms with Crippen molar-refractivity contribution in [3.8, 4) is 0 Å². The van der Waals surface area contributed by atoms with E-state index < -0.39 is 0 Å². The maximum Gasteiger partial charge on any atom is 0.119 e. The Morgan fingerprint density at radius 3 is 2.56 bits per heavy atom. The maximum atomic E-state index is 4.52. The molecule has 0 atom stereocenters. The average molecular weight is 232 g/mol. The first-order valence-electron chi connectivity index (χ1n) is 6.04. The van der Waals surface area contributed by atoms with Crippen LogP contribution in [0, 0.1) is 0 Å². The van der Waals surface area contributed by atoms with E-state index in [4.69, 9.17) is 0 Å². The fraction of sp³-hybridized carbons (Fsp3) is 0.462. The van der Waals surface area contributed by atoms with E-state index in [-0.39, 0.29) is 0 Å². The van der Waals surface area contributed by atoms with Crippen LogP contribution in [-0.2, 0) is 0 Å². The number of benzene rings is 1. The lowest BCUT2D eigenvalue weighted by molar-refractivity contribution is 0.726. The summed E-state index contributed by atoms with van der Waals surface area (Å²) in [6, 6.07) is 8.47. The quantitative estimate of drug-likeness (QED) is 0.745. The van der Waals surface area contributed by atoms with Crippen molar-refractivity contribution < 1.29 is 0 Å². The van der Waals surface area contributed by atoms with Crippen LogP contribution in [0.4, 0.5) is 5.00 Å². The molecular weight excluding hydrogens is 216 g/mol. The molecule has 2 aromatic rings. The molecule has 0 unspecified atom stereocenters. The first-order chi connectivity index (χ1) is 7.95. The molecule has 16 heavy (non-hydrogen) atoms. The SMILES string of the molecule is c1ccc2c(N3CCCCCC3)snc2c1. The van der Waals surface area contributed by atoms with Gasteiger partial charge in [0.2, 0.25) is 0 Å². The van der Waals surface area contributed by atoms with Crippen molar-refractivity contribution in [2.24, 2.45) is 0 Å². The van der Waals surface area contributed by atoms with Crippen molar-refractivity contribution in [1.82, 2.24) is 4.37 Å². The van der Waals surface area contributed by atoms with Crippen molar-refractivity contribution in [1.29, 1.82) is 0 Å². The van der Waals surface area contributed by atoms with Crippen molar-refractivity contribution in [3.05, 3.63) is 24.3 Å². The van der Waals surface area contributed by atoms with Gasteiger partial charge in [-0.2, -0.15) is 4.37 Å². The summed E-state index contributed by atoms with van der Waals surface area (Å²) in [7, 11) is 0. The smallest absolute Gasteiger partial charge is 0.119 e. The van der Waals surface area contributed by atoms with E-state index in [0.717, 1.165) is 5.52 Å². The Hall–Kier alpha value is -1.09. The molecule has 0 amide bonds. The van der Waals surface area contributed by atoms with Crippen LogP contribution in [0.1, 0.15) is 25.7 Å². The Morgan fingerprint density at radius 1 is 1.00 bits per heavy atom. The largest absolute Gasteiger partial charge is 0.362 e. The second-order valence-electron chi connectivity index (χ2n) is 4.41. The van der Waals surface area contributed by atoms with E-state index in [1.165, 1.54) is 49.2 Å². The van der Waals surface area contributed by atoms with Crippen molar-refractivity contribution in [2.45, 2.75) is 25.7 Å². The number of fused-ring (bicyclic) bond motifs is 1. The van der Waals surface area contributed by atoms with Crippen LogP contribution in [-0.4, -0.2) is 17.5 Å². The molecule has 1 saturated heterocycles. The van der Waals surface area contributed by atoms with Gasteiger partial charge in [0.1, 0.15) is 5.00 Å². The van der Waals surface area contributed by atoms with Gasteiger partial charge >= 0.3 is 0 Å². The highest BCUT2D eigenvalue weighted by Gasteiger charge is 2.14. The van der Waals surface area contributed by atoms with Crippen LogP contribution in [0.3, 0.4) is 0 Å². The lowest BCUT2D eigenvalue weighted by atomic mass is 10.2.